The van der Waals surface area contributed by atoms with Crippen molar-refractivity contribution in [1.29, 1.82) is 0 Å². The average molecular weight is 393 g/mol. The van der Waals surface area contributed by atoms with Gasteiger partial charge in [-0.05, 0) is 37.3 Å². The summed E-state index contributed by atoms with van der Waals surface area (Å²) in [6.07, 6.45) is 1.15. The average Bonchev–Trinajstić information content (AvgIpc) is 3.28. The quantitative estimate of drug-likeness (QED) is 0.522. The smallest absolute Gasteiger partial charge is 0.209 e. The minimum absolute atomic E-state index is 0.162. The monoisotopic (exact) mass is 393 g/mol. The zero-order valence-electron chi connectivity index (χ0n) is 15.8. The van der Waals surface area contributed by atoms with E-state index in [2.05, 4.69) is 42.3 Å². The number of aliphatic hydroxyl groups excluding tert-OH is 2. The zero-order valence-corrected chi connectivity index (χ0v) is 15.8. The fourth-order valence-corrected chi connectivity index (χ4v) is 3.57. The molecule has 0 aliphatic heterocycles. The number of nitrogens with zero attached hydrogens (tertiary/aromatic N) is 6. The lowest BCUT2D eigenvalue weighted by Gasteiger charge is -2.18. The molecule has 1 saturated carbocycles. The molecule has 3 heterocycles. The molecule has 1 aliphatic carbocycles. The van der Waals surface area contributed by atoms with Crippen LogP contribution < -0.4 is 5.32 Å². The van der Waals surface area contributed by atoms with E-state index in [0.29, 0.717) is 29.1 Å². The lowest BCUT2D eigenvalue weighted by Crippen LogP contribution is -2.31. The Labute approximate surface area is 166 Å². The fraction of sp³-hybridized carbons (Fsp3) is 0.368. The zero-order chi connectivity index (χ0) is 20.5. The van der Waals surface area contributed by atoms with Crippen molar-refractivity contribution in [2.75, 3.05) is 12.4 Å². The number of anilines is 1. The number of rotatable bonds is 3. The molecular formula is C19H19N7O3. The Morgan fingerprint density at radius 3 is 2.76 bits per heavy atom. The highest BCUT2D eigenvalue weighted by molar-refractivity contribution is 5.83. The Morgan fingerprint density at radius 2 is 2.10 bits per heavy atom. The maximum atomic E-state index is 11.8. The summed E-state index contributed by atoms with van der Waals surface area (Å²) >= 11 is 0. The van der Waals surface area contributed by atoms with Gasteiger partial charge >= 0.3 is 0 Å². The van der Waals surface area contributed by atoms with E-state index in [4.69, 9.17) is 0 Å². The number of hydrogen-bond donors (Lipinski definition) is 3. The van der Waals surface area contributed by atoms with E-state index < -0.39 is 24.2 Å². The molecule has 148 valence electrons. The molecule has 3 aromatic heterocycles. The predicted molar refractivity (Wildman–Crippen MR) is 103 cm³/mol. The van der Waals surface area contributed by atoms with Crippen molar-refractivity contribution in [3.8, 4) is 11.8 Å². The van der Waals surface area contributed by atoms with Gasteiger partial charge in [-0.2, -0.15) is 5.10 Å². The van der Waals surface area contributed by atoms with Crippen LogP contribution in [0, 0.1) is 17.8 Å². The van der Waals surface area contributed by atoms with Crippen molar-refractivity contribution in [1.82, 2.24) is 29.7 Å². The van der Waals surface area contributed by atoms with Crippen molar-refractivity contribution in [3.05, 3.63) is 36.2 Å². The van der Waals surface area contributed by atoms with Gasteiger partial charge < -0.3 is 20.1 Å². The highest BCUT2D eigenvalue weighted by atomic mass is 16.3. The first-order valence-corrected chi connectivity index (χ1v) is 9.08. The summed E-state index contributed by atoms with van der Waals surface area (Å²) in [7, 11) is 1.71. The van der Waals surface area contributed by atoms with E-state index in [1.807, 2.05) is 0 Å². The Morgan fingerprint density at radius 1 is 1.28 bits per heavy atom. The van der Waals surface area contributed by atoms with Crippen LogP contribution in [0.1, 0.15) is 30.9 Å². The lowest BCUT2D eigenvalue weighted by molar-refractivity contribution is -0.124. The fourth-order valence-electron chi connectivity index (χ4n) is 3.57. The number of nitrogens with one attached hydrogen (secondary N) is 1. The van der Waals surface area contributed by atoms with Gasteiger partial charge in [0.15, 0.2) is 17.0 Å². The number of hydrogen-bond acceptors (Lipinski definition) is 9. The van der Waals surface area contributed by atoms with Gasteiger partial charge in [0, 0.05) is 19.2 Å². The molecule has 1 fully saturated rings. The van der Waals surface area contributed by atoms with Gasteiger partial charge in [0.05, 0.1) is 18.5 Å². The molecule has 0 radical (unpaired) electrons. The van der Waals surface area contributed by atoms with Gasteiger partial charge in [-0.3, -0.25) is 4.79 Å². The van der Waals surface area contributed by atoms with Crippen LogP contribution in [-0.4, -0.2) is 65.0 Å². The highest BCUT2D eigenvalue weighted by Gasteiger charge is 2.45. The number of Topliss-reactive ketones (excluding diaryl/α,β-unsaturated/α-hetero) is 1. The molecule has 0 amide bonds. The van der Waals surface area contributed by atoms with Gasteiger partial charge in [-0.15, -0.1) is 5.10 Å². The molecule has 3 aromatic rings. The largest absolute Gasteiger partial charge is 0.390 e. The van der Waals surface area contributed by atoms with Gasteiger partial charge in [-0.1, -0.05) is 0 Å². The minimum atomic E-state index is -1.13. The SMILES string of the molecule is CNc1nc(C#Cc2cccnn2)nc2c1ncn2[C@@H]1C[C@H](C(C)=O)C(O)[C@H]1O. The van der Waals surface area contributed by atoms with Crippen LogP contribution in [0.25, 0.3) is 11.2 Å². The Bertz CT molecular complexity index is 1120. The predicted octanol–water partition coefficient (Wildman–Crippen LogP) is -0.0704. The van der Waals surface area contributed by atoms with Crippen molar-refractivity contribution < 1.29 is 15.0 Å². The van der Waals surface area contributed by atoms with E-state index in [0.717, 1.165) is 0 Å². The molecule has 10 heteroatoms. The summed E-state index contributed by atoms with van der Waals surface area (Å²) in [6, 6.07) is 2.91. The van der Waals surface area contributed by atoms with Gasteiger partial charge in [0.25, 0.3) is 0 Å². The van der Waals surface area contributed by atoms with Crippen LogP contribution in [0.15, 0.2) is 24.7 Å². The number of aromatic nitrogens is 6. The maximum absolute atomic E-state index is 11.8. The summed E-state index contributed by atoms with van der Waals surface area (Å²) in [4.78, 5) is 25.0. The van der Waals surface area contributed by atoms with Crippen LogP contribution in [0.5, 0.6) is 0 Å². The number of aliphatic hydroxyl groups is 2. The van der Waals surface area contributed by atoms with Crippen LogP contribution >= 0.6 is 0 Å². The van der Waals surface area contributed by atoms with E-state index in [9.17, 15) is 15.0 Å². The molecule has 29 heavy (non-hydrogen) atoms. The van der Waals surface area contributed by atoms with Crippen molar-refractivity contribution in [3.63, 3.8) is 0 Å². The third-order valence-corrected chi connectivity index (χ3v) is 5.06. The third-order valence-electron chi connectivity index (χ3n) is 5.06. The molecule has 0 bridgehead atoms. The Hall–Kier alpha value is -3.42. The number of fused-ring (bicyclic) bond motifs is 1. The lowest BCUT2D eigenvalue weighted by atomic mass is 10.0. The Balaban J connectivity index is 1.77. The topological polar surface area (TPSA) is 139 Å². The molecular weight excluding hydrogens is 374 g/mol. The van der Waals surface area contributed by atoms with Crippen molar-refractivity contribution in [2.24, 2.45) is 5.92 Å². The second-order valence-corrected chi connectivity index (χ2v) is 6.83. The summed E-state index contributed by atoms with van der Waals surface area (Å²) < 4.78 is 1.67. The summed E-state index contributed by atoms with van der Waals surface area (Å²) in [5.74, 6) is 5.64. The second kappa shape index (κ2) is 7.54. The van der Waals surface area contributed by atoms with Gasteiger partial charge in [0.1, 0.15) is 17.6 Å². The molecule has 0 saturated heterocycles. The third kappa shape index (κ3) is 3.41. The second-order valence-electron chi connectivity index (χ2n) is 6.83. The van der Waals surface area contributed by atoms with Crippen molar-refractivity contribution in [2.45, 2.75) is 31.6 Å². The van der Waals surface area contributed by atoms with E-state index in [1.165, 1.54) is 13.3 Å². The molecule has 4 rings (SSSR count). The van der Waals surface area contributed by atoms with Crippen LogP contribution in [0.3, 0.4) is 0 Å². The number of carbonyl (C=O) groups excluding carboxylic acids is 1. The summed E-state index contributed by atoms with van der Waals surface area (Å²) in [5.41, 5.74) is 1.44. The van der Waals surface area contributed by atoms with E-state index in [1.54, 1.807) is 29.9 Å². The number of ketones is 1. The molecule has 10 nitrogen and oxygen atoms in total. The van der Waals surface area contributed by atoms with Crippen LogP contribution in [-0.2, 0) is 4.79 Å². The highest BCUT2D eigenvalue weighted by Crippen LogP contribution is 2.37. The molecule has 0 aromatic carbocycles. The first-order valence-electron chi connectivity index (χ1n) is 9.08. The van der Waals surface area contributed by atoms with Crippen LogP contribution in [0.4, 0.5) is 5.82 Å². The first-order chi connectivity index (χ1) is 14.0. The number of imidazole rings is 1. The maximum Gasteiger partial charge on any atom is 0.209 e. The number of carbonyl (C=O) groups is 1. The van der Waals surface area contributed by atoms with Crippen LogP contribution in [0.2, 0.25) is 0 Å². The Kier molecular flexibility index (Phi) is 4.92. The molecule has 3 N–H and O–H groups in total. The minimum Gasteiger partial charge on any atom is -0.390 e. The molecule has 4 atom stereocenters. The molecule has 1 aliphatic rings. The van der Waals surface area contributed by atoms with Gasteiger partial charge in [0.2, 0.25) is 5.82 Å². The van der Waals surface area contributed by atoms with Gasteiger partial charge in [-0.25, -0.2) is 15.0 Å². The molecule has 0 spiro atoms. The first kappa shape index (κ1) is 18.9. The summed E-state index contributed by atoms with van der Waals surface area (Å²) in [5, 5.41) is 31.4. The van der Waals surface area contributed by atoms with E-state index >= 15 is 0 Å². The standard InChI is InChI=1S/C19H19N7O3/c1-10(27)12-8-13(17(29)16(12)28)26-9-21-15-18(20-2)23-14(24-19(15)26)6-5-11-4-3-7-22-25-11/h3-4,7,9,12-13,16-17,28-29H,8H2,1-2H3,(H,20,23,24)/t12-,13-,16?,17+/m1/s1. The van der Waals surface area contributed by atoms with Crippen molar-refractivity contribution >= 4 is 22.8 Å². The van der Waals surface area contributed by atoms with E-state index in [-0.39, 0.29) is 11.6 Å². The molecule has 1 unspecified atom stereocenters. The summed E-state index contributed by atoms with van der Waals surface area (Å²) in [6.45, 7) is 1.41. The normalized spacial score (nSPS) is 23.6.